The molecule has 4 nitrogen and oxygen atoms in total. The maximum Gasteiger partial charge on any atom is 0.273 e. The van der Waals surface area contributed by atoms with E-state index in [9.17, 15) is 9.18 Å². The van der Waals surface area contributed by atoms with Gasteiger partial charge in [0, 0.05) is 29.7 Å². The first-order chi connectivity index (χ1) is 11.9. The van der Waals surface area contributed by atoms with Gasteiger partial charge in [-0.1, -0.05) is 0 Å². The Morgan fingerprint density at radius 2 is 2.04 bits per heavy atom. The van der Waals surface area contributed by atoms with Crippen LogP contribution in [0.3, 0.4) is 0 Å². The molecule has 1 atom stereocenters. The molecule has 1 aromatic carbocycles. The fourth-order valence-electron chi connectivity index (χ4n) is 4.59. The van der Waals surface area contributed by atoms with E-state index in [1.165, 1.54) is 23.5 Å². The van der Waals surface area contributed by atoms with E-state index in [-0.39, 0.29) is 22.8 Å². The molecule has 1 spiro atoms. The lowest BCUT2D eigenvalue weighted by molar-refractivity contribution is 0.0612. The molecule has 1 unspecified atom stereocenters. The molecule has 2 aliphatic heterocycles. The summed E-state index contributed by atoms with van der Waals surface area (Å²) in [6.45, 7) is 5.97. The minimum atomic E-state index is -0.225. The predicted molar refractivity (Wildman–Crippen MR) is 97.6 cm³/mol. The Morgan fingerprint density at radius 3 is 2.72 bits per heavy atom. The summed E-state index contributed by atoms with van der Waals surface area (Å²) in [4.78, 5) is 21.5. The summed E-state index contributed by atoms with van der Waals surface area (Å²) in [6.07, 6.45) is 2.93. The van der Waals surface area contributed by atoms with Crippen molar-refractivity contribution in [3.05, 3.63) is 46.7 Å². The molecule has 132 valence electrons. The third-order valence-corrected chi connectivity index (χ3v) is 6.16. The maximum absolute atomic E-state index is 13.3. The molecule has 0 N–H and O–H groups in total. The second-order valence-corrected chi connectivity index (χ2v) is 8.43. The van der Waals surface area contributed by atoms with Crippen LogP contribution in [0.5, 0.6) is 0 Å². The molecule has 0 bridgehead atoms. The lowest BCUT2D eigenvalue weighted by Crippen LogP contribution is -2.49. The van der Waals surface area contributed by atoms with Gasteiger partial charge in [0.15, 0.2) is 0 Å². The van der Waals surface area contributed by atoms with E-state index in [4.69, 9.17) is 0 Å². The summed E-state index contributed by atoms with van der Waals surface area (Å²) in [5.41, 5.74) is 3.00. The number of hydrogen-bond acceptors (Lipinski definition) is 4. The smallest absolute Gasteiger partial charge is 0.273 e. The maximum atomic E-state index is 13.3. The van der Waals surface area contributed by atoms with Crippen LogP contribution < -0.4 is 4.90 Å². The van der Waals surface area contributed by atoms with Crippen molar-refractivity contribution in [1.29, 1.82) is 0 Å². The van der Waals surface area contributed by atoms with Crippen LogP contribution in [0.25, 0.3) is 0 Å². The van der Waals surface area contributed by atoms with Crippen LogP contribution in [-0.4, -0.2) is 40.0 Å². The number of likely N-dealkylation sites (tertiary alicyclic amines) is 1. The molecule has 6 heteroatoms. The molecule has 1 aromatic heterocycles. The first kappa shape index (κ1) is 16.5. The molecule has 3 heterocycles. The van der Waals surface area contributed by atoms with Crippen LogP contribution in [0.2, 0.25) is 0 Å². The molecule has 2 aliphatic rings. The van der Waals surface area contributed by atoms with Crippen molar-refractivity contribution in [3.8, 4) is 0 Å². The summed E-state index contributed by atoms with van der Waals surface area (Å²) in [7, 11) is 0. The normalized spacial score (nSPS) is 25.1. The monoisotopic (exact) mass is 359 g/mol. The van der Waals surface area contributed by atoms with Crippen molar-refractivity contribution in [2.45, 2.75) is 44.2 Å². The molecule has 2 fully saturated rings. The van der Waals surface area contributed by atoms with Gasteiger partial charge in [0.05, 0.1) is 11.0 Å². The van der Waals surface area contributed by atoms with Gasteiger partial charge < -0.3 is 9.80 Å². The van der Waals surface area contributed by atoms with Crippen LogP contribution in [-0.2, 0) is 0 Å². The molecular formula is C19H22FN3OS. The SMILES string of the molecule is CC1(C)CC2(CCCN2C(=O)c2cscn2)CN1c1ccc(F)cc1. The van der Waals surface area contributed by atoms with Crippen LogP contribution in [0.1, 0.15) is 43.6 Å². The van der Waals surface area contributed by atoms with Crippen molar-refractivity contribution in [1.82, 2.24) is 9.88 Å². The van der Waals surface area contributed by atoms with Crippen molar-refractivity contribution in [3.63, 3.8) is 0 Å². The number of aromatic nitrogens is 1. The Bertz CT molecular complexity index is 774. The lowest BCUT2D eigenvalue weighted by Gasteiger charge is -2.35. The zero-order valence-corrected chi connectivity index (χ0v) is 15.4. The number of carbonyl (C=O) groups excluding carboxylic acids is 1. The van der Waals surface area contributed by atoms with E-state index in [1.54, 1.807) is 5.51 Å². The van der Waals surface area contributed by atoms with E-state index >= 15 is 0 Å². The fraction of sp³-hybridized carbons (Fsp3) is 0.474. The van der Waals surface area contributed by atoms with Crippen LogP contribution in [0, 0.1) is 5.82 Å². The molecule has 1 amide bonds. The van der Waals surface area contributed by atoms with Crippen LogP contribution >= 0.6 is 11.3 Å². The number of thiazole rings is 1. The molecule has 4 rings (SSSR count). The lowest BCUT2D eigenvalue weighted by atomic mass is 9.87. The average Bonchev–Trinajstić information content (AvgIpc) is 3.27. The van der Waals surface area contributed by atoms with Gasteiger partial charge in [0.2, 0.25) is 0 Å². The molecule has 2 saturated heterocycles. The highest BCUT2D eigenvalue weighted by Gasteiger charge is 2.55. The number of rotatable bonds is 2. The predicted octanol–water partition coefficient (Wildman–Crippen LogP) is 3.95. The Labute approximate surface area is 151 Å². The third kappa shape index (κ3) is 2.72. The average molecular weight is 359 g/mol. The van der Waals surface area contributed by atoms with Gasteiger partial charge in [0.1, 0.15) is 11.5 Å². The zero-order valence-electron chi connectivity index (χ0n) is 14.5. The second-order valence-electron chi connectivity index (χ2n) is 7.71. The molecule has 0 saturated carbocycles. The van der Waals surface area contributed by atoms with Crippen molar-refractivity contribution in [2.75, 3.05) is 18.0 Å². The number of halogens is 1. The summed E-state index contributed by atoms with van der Waals surface area (Å²) >= 11 is 1.45. The highest BCUT2D eigenvalue weighted by molar-refractivity contribution is 7.07. The number of hydrogen-bond donors (Lipinski definition) is 0. The Hall–Kier alpha value is -1.95. The number of amides is 1. The van der Waals surface area contributed by atoms with Gasteiger partial charge >= 0.3 is 0 Å². The van der Waals surface area contributed by atoms with E-state index in [0.29, 0.717) is 5.69 Å². The van der Waals surface area contributed by atoms with Gasteiger partial charge in [-0.05, 0) is 57.4 Å². The van der Waals surface area contributed by atoms with Gasteiger partial charge in [-0.25, -0.2) is 9.37 Å². The largest absolute Gasteiger partial charge is 0.364 e. The second kappa shape index (κ2) is 5.80. The molecule has 0 aliphatic carbocycles. The van der Waals surface area contributed by atoms with Crippen LogP contribution in [0.15, 0.2) is 35.2 Å². The third-order valence-electron chi connectivity index (χ3n) is 5.58. The fourth-order valence-corrected chi connectivity index (χ4v) is 5.11. The van der Waals surface area contributed by atoms with E-state index in [0.717, 1.165) is 38.0 Å². The molecule has 0 radical (unpaired) electrons. The van der Waals surface area contributed by atoms with E-state index < -0.39 is 0 Å². The highest BCUT2D eigenvalue weighted by atomic mass is 32.1. The van der Waals surface area contributed by atoms with Gasteiger partial charge in [-0.3, -0.25) is 4.79 Å². The minimum Gasteiger partial charge on any atom is -0.364 e. The molecule has 2 aromatic rings. The van der Waals surface area contributed by atoms with E-state index in [1.807, 2.05) is 22.4 Å². The standard InChI is InChI=1S/C19H22FN3OS/c1-18(2)11-19(12-23(18)15-6-4-14(20)5-7-15)8-3-9-22(19)17(24)16-10-25-13-21-16/h4-7,10,13H,3,8-9,11-12H2,1-2H3. The number of anilines is 1. The van der Waals surface area contributed by atoms with Gasteiger partial charge in [-0.15, -0.1) is 11.3 Å². The summed E-state index contributed by atoms with van der Waals surface area (Å²) in [5.74, 6) is -0.188. The summed E-state index contributed by atoms with van der Waals surface area (Å²) in [5, 5.41) is 1.83. The first-order valence-electron chi connectivity index (χ1n) is 8.65. The zero-order chi connectivity index (χ0) is 17.7. The molecular weight excluding hydrogens is 337 g/mol. The van der Waals surface area contributed by atoms with Crippen molar-refractivity contribution < 1.29 is 9.18 Å². The first-order valence-corrected chi connectivity index (χ1v) is 9.59. The summed E-state index contributed by atoms with van der Waals surface area (Å²) < 4.78 is 13.3. The van der Waals surface area contributed by atoms with Crippen molar-refractivity contribution in [2.24, 2.45) is 0 Å². The number of carbonyl (C=O) groups is 1. The number of benzene rings is 1. The van der Waals surface area contributed by atoms with Crippen molar-refractivity contribution >= 4 is 22.9 Å². The van der Waals surface area contributed by atoms with Gasteiger partial charge in [-0.2, -0.15) is 0 Å². The highest BCUT2D eigenvalue weighted by Crippen LogP contribution is 2.47. The summed E-state index contributed by atoms with van der Waals surface area (Å²) in [6, 6.07) is 6.67. The Morgan fingerprint density at radius 1 is 1.28 bits per heavy atom. The Kier molecular flexibility index (Phi) is 3.83. The quantitative estimate of drug-likeness (QED) is 0.815. The van der Waals surface area contributed by atoms with Gasteiger partial charge in [0.25, 0.3) is 5.91 Å². The topological polar surface area (TPSA) is 36.4 Å². The number of nitrogens with zero attached hydrogens (tertiary/aromatic N) is 3. The van der Waals surface area contributed by atoms with Crippen LogP contribution in [0.4, 0.5) is 10.1 Å². The van der Waals surface area contributed by atoms with E-state index in [2.05, 4.69) is 23.7 Å². The minimum absolute atomic E-state index is 0.0375. The Balaban J connectivity index is 1.66. The molecule has 25 heavy (non-hydrogen) atoms.